The molecule has 0 fully saturated rings. The minimum absolute atomic E-state index is 0.0475. The van der Waals surface area contributed by atoms with Gasteiger partial charge in [-0.25, -0.2) is 0 Å². The van der Waals surface area contributed by atoms with Crippen LogP contribution in [0.4, 0.5) is 11.4 Å². The van der Waals surface area contributed by atoms with Crippen molar-refractivity contribution in [3.8, 4) is 5.75 Å². The van der Waals surface area contributed by atoms with E-state index in [1.165, 1.54) is 11.8 Å². The molecular weight excluding hydrogens is 630 g/mol. The van der Waals surface area contributed by atoms with Crippen LogP contribution in [-0.4, -0.2) is 24.3 Å². The average molecular weight is 662 g/mol. The molecule has 9 heteroatoms. The predicted molar refractivity (Wildman–Crippen MR) is 190 cm³/mol. The van der Waals surface area contributed by atoms with Crippen LogP contribution in [0.1, 0.15) is 33.7 Å². The molecular formula is C38H32ClN3O4S. The largest absolute Gasteiger partial charge is 0.493 e. The molecule has 0 aromatic heterocycles. The Morgan fingerprint density at radius 3 is 2.15 bits per heavy atom. The van der Waals surface area contributed by atoms with Gasteiger partial charge in [-0.2, -0.15) is 0 Å². The van der Waals surface area contributed by atoms with Crippen molar-refractivity contribution in [3.05, 3.63) is 161 Å². The van der Waals surface area contributed by atoms with Crippen molar-refractivity contribution in [3.63, 3.8) is 0 Å². The molecule has 3 N–H and O–H groups in total. The first-order valence-corrected chi connectivity index (χ1v) is 16.1. The highest BCUT2D eigenvalue weighted by Crippen LogP contribution is 2.37. The van der Waals surface area contributed by atoms with Crippen LogP contribution < -0.4 is 20.7 Å². The maximum atomic E-state index is 13.6. The van der Waals surface area contributed by atoms with E-state index in [4.69, 9.17) is 16.3 Å². The van der Waals surface area contributed by atoms with E-state index in [0.29, 0.717) is 39.9 Å². The number of benzene rings is 5. The number of nitrogens with one attached hydrogen (secondary N) is 3. The molecule has 0 aliphatic heterocycles. The summed E-state index contributed by atoms with van der Waals surface area (Å²) in [5.41, 5.74) is 3.06. The molecule has 0 saturated heterocycles. The minimum atomic E-state index is -0.552. The maximum Gasteiger partial charge on any atom is 0.272 e. The Bertz CT molecular complexity index is 1870. The van der Waals surface area contributed by atoms with Crippen LogP contribution in [0, 0.1) is 0 Å². The third-order valence-corrected chi connectivity index (χ3v) is 8.35. The van der Waals surface area contributed by atoms with Gasteiger partial charge in [-0.1, -0.05) is 84.4 Å². The quantitative estimate of drug-likeness (QED) is 0.0919. The number of carbonyl (C=O) groups excluding carboxylic acids is 3. The third kappa shape index (κ3) is 9.36. The first kappa shape index (κ1) is 33.1. The lowest BCUT2D eigenvalue weighted by Gasteiger charge is -2.18. The summed E-state index contributed by atoms with van der Waals surface area (Å²) in [5.74, 6) is -0.542. The number of hydrogen-bond acceptors (Lipinski definition) is 5. The predicted octanol–water partition coefficient (Wildman–Crippen LogP) is 8.62. The highest BCUT2D eigenvalue weighted by molar-refractivity contribution is 8.00. The highest BCUT2D eigenvalue weighted by atomic mass is 35.5. The zero-order valence-corrected chi connectivity index (χ0v) is 27.1. The summed E-state index contributed by atoms with van der Waals surface area (Å²) in [6.45, 7) is 2.32. The Morgan fingerprint density at radius 2 is 1.45 bits per heavy atom. The molecule has 0 radical (unpaired) electrons. The lowest BCUT2D eigenvalue weighted by atomic mass is 10.1. The number of para-hydroxylation sites is 1. The van der Waals surface area contributed by atoms with Crippen LogP contribution >= 0.6 is 23.4 Å². The SMILES string of the molecule is CCOc1ccccc1/C=C(\NC(=O)c1ccccc1)C(=O)Nc1ccc(SC(C(=O)Nc2cccc(Cl)c2)c2ccccc2)cc1. The van der Waals surface area contributed by atoms with Crippen molar-refractivity contribution in [2.45, 2.75) is 17.1 Å². The first-order chi connectivity index (χ1) is 22.9. The number of anilines is 2. The molecule has 0 aliphatic rings. The average Bonchev–Trinajstić information content (AvgIpc) is 3.09. The Balaban J connectivity index is 1.35. The van der Waals surface area contributed by atoms with E-state index in [0.717, 1.165) is 10.5 Å². The summed E-state index contributed by atoms with van der Waals surface area (Å²) in [6, 6.07) is 39.6. The van der Waals surface area contributed by atoms with E-state index in [9.17, 15) is 14.4 Å². The van der Waals surface area contributed by atoms with E-state index in [2.05, 4.69) is 16.0 Å². The van der Waals surface area contributed by atoms with Crippen molar-refractivity contribution in [1.82, 2.24) is 5.32 Å². The molecule has 0 spiro atoms. The van der Waals surface area contributed by atoms with E-state index in [1.54, 1.807) is 72.8 Å². The van der Waals surface area contributed by atoms with Gasteiger partial charge in [-0.3, -0.25) is 14.4 Å². The van der Waals surface area contributed by atoms with Crippen LogP contribution in [0.2, 0.25) is 5.02 Å². The Hall–Kier alpha value is -5.31. The monoisotopic (exact) mass is 661 g/mol. The van der Waals surface area contributed by atoms with Gasteiger partial charge in [0.1, 0.15) is 16.7 Å². The fourth-order valence-electron chi connectivity index (χ4n) is 4.61. The smallest absolute Gasteiger partial charge is 0.272 e. The van der Waals surface area contributed by atoms with E-state index < -0.39 is 17.1 Å². The lowest BCUT2D eigenvalue weighted by molar-refractivity contribution is -0.116. The molecule has 1 unspecified atom stereocenters. The summed E-state index contributed by atoms with van der Waals surface area (Å²) in [7, 11) is 0. The van der Waals surface area contributed by atoms with Crippen LogP contribution in [0.15, 0.2) is 144 Å². The molecule has 7 nitrogen and oxygen atoms in total. The van der Waals surface area contributed by atoms with E-state index >= 15 is 0 Å². The van der Waals surface area contributed by atoms with Gasteiger partial charge in [-0.05, 0) is 79.2 Å². The molecule has 47 heavy (non-hydrogen) atoms. The minimum Gasteiger partial charge on any atom is -0.493 e. The van der Waals surface area contributed by atoms with Crippen molar-refractivity contribution >= 4 is 58.5 Å². The second-order valence-corrected chi connectivity index (χ2v) is 11.9. The van der Waals surface area contributed by atoms with Gasteiger partial charge in [0.05, 0.1) is 6.61 Å². The molecule has 0 bridgehead atoms. The van der Waals surface area contributed by atoms with E-state index in [1.807, 2.05) is 73.7 Å². The number of ether oxygens (including phenoxy) is 1. The van der Waals surface area contributed by atoms with Crippen LogP contribution in [0.5, 0.6) is 5.75 Å². The third-order valence-electron chi connectivity index (χ3n) is 6.85. The van der Waals surface area contributed by atoms with Gasteiger partial charge in [0.25, 0.3) is 11.8 Å². The summed E-state index contributed by atoms with van der Waals surface area (Å²) in [6.07, 6.45) is 1.59. The number of carbonyl (C=O) groups is 3. The molecule has 5 aromatic carbocycles. The lowest BCUT2D eigenvalue weighted by Crippen LogP contribution is -2.30. The van der Waals surface area contributed by atoms with Gasteiger partial charge < -0.3 is 20.7 Å². The topological polar surface area (TPSA) is 96.5 Å². The van der Waals surface area contributed by atoms with E-state index in [-0.39, 0.29) is 11.6 Å². The zero-order chi connectivity index (χ0) is 33.0. The van der Waals surface area contributed by atoms with Crippen molar-refractivity contribution < 1.29 is 19.1 Å². The first-order valence-electron chi connectivity index (χ1n) is 14.9. The fourth-order valence-corrected chi connectivity index (χ4v) is 5.83. The normalized spacial score (nSPS) is 11.7. The molecule has 236 valence electrons. The standard InChI is InChI=1S/C38H32ClN3O4S/c1-2-46-34-19-10-9-16-28(34)24-33(42-36(43)27-14-7-4-8-15-27)37(44)40-30-20-22-32(23-21-30)47-35(26-12-5-3-6-13-26)38(45)41-31-18-11-17-29(39)25-31/h3-25,35H,2H2,1H3,(H,40,44)(H,41,45)(H,42,43)/b33-24-. The summed E-state index contributed by atoms with van der Waals surface area (Å²) >= 11 is 7.50. The molecule has 0 heterocycles. The van der Waals surface area contributed by atoms with Gasteiger partial charge in [0, 0.05) is 32.4 Å². The summed E-state index contributed by atoms with van der Waals surface area (Å²) in [5, 5.41) is 8.58. The van der Waals surface area contributed by atoms with Gasteiger partial charge >= 0.3 is 0 Å². The van der Waals surface area contributed by atoms with Crippen LogP contribution in [0.25, 0.3) is 6.08 Å². The second kappa shape index (κ2) is 16.3. The molecule has 1 atom stereocenters. The number of amides is 3. The molecule has 3 amide bonds. The van der Waals surface area contributed by atoms with Crippen molar-refractivity contribution in [2.24, 2.45) is 0 Å². The number of halogens is 1. The van der Waals surface area contributed by atoms with Gasteiger partial charge in [0.15, 0.2) is 0 Å². The molecule has 0 aliphatic carbocycles. The van der Waals surface area contributed by atoms with Crippen LogP contribution in [0.3, 0.4) is 0 Å². The number of hydrogen-bond donors (Lipinski definition) is 3. The second-order valence-electron chi connectivity index (χ2n) is 10.2. The molecule has 5 aromatic rings. The Morgan fingerprint density at radius 1 is 0.766 bits per heavy atom. The van der Waals surface area contributed by atoms with Crippen molar-refractivity contribution in [2.75, 3.05) is 17.2 Å². The van der Waals surface area contributed by atoms with Gasteiger partial charge in [0.2, 0.25) is 5.91 Å². The molecule has 0 saturated carbocycles. The highest BCUT2D eigenvalue weighted by Gasteiger charge is 2.23. The maximum absolute atomic E-state index is 13.6. The zero-order valence-electron chi connectivity index (χ0n) is 25.5. The summed E-state index contributed by atoms with van der Waals surface area (Å²) < 4.78 is 5.73. The molecule has 5 rings (SSSR count). The number of rotatable bonds is 12. The van der Waals surface area contributed by atoms with Crippen molar-refractivity contribution in [1.29, 1.82) is 0 Å². The fraction of sp³-hybridized carbons (Fsp3) is 0.0789. The summed E-state index contributed by atoms with van der Waals surface area (Å²) in [4.78, 5) is 40.9. The Labute approximate surface area is 283 Å². The van der Waals surface area contributed by atoms with Crippen LogP contribution in [-0.2, 0) is 9.59 Å². The van der Waals surface area contributed by atoms with Gasteiger partial charge in [-0.15, -0.1) is 11.8 Å². The number of thioether (sulfide) groups is 1. The Kier molecular flexibility index (Phi) is 11.5.